The number of aromatic nitrogens is 1. The molecule has 3 heterocycles. The van der Waals surface area contributed by atoms with E-state index in [9.17, 15) is 9.59 Å². The second-order valence-electron chi connectivity index (χ2n) is 9.15. The monoisotopic (exact) mass is 564 g/mol. The highest BCUT2D eigenvalue weighted by Crippen LogP contribution is 2.33. The first-order valence-corrected chi connectivity index (χ1v) is 13.5. The fourth-order valence-electron chi connectivity index (χ4n) is 4.37. The number of rotatable bonds is 6. The van der Waals surface area contributed by atoms with Crippen molar-refractivity contribution >= 4 is 45.6 Å². The lowest BCUT2D eigenvalue weighted by atomic mass is 10.0. The molecule has 0 aliphatic carbocycles. The van der Waals surface area contributed by atoms with Gasteiger partial charge < -0.3 is 23.7 Å². The molecule has 0 bridgehead atoms. The smallest absolute Gasteiger partial charge is 0.411 e. The van der Waals surface area contributed by atoms with Crippen molar-refractivity contribution in [2.75, 3.05) is 56.7 Å². The predicted octanol–water partition coefficient (Wildman–Crippen LogP) is 6.86. The number of hydrogen-bond acceptors (Lipinski definition) is 8. The number of likely N-dealkylation sites (N-methyl/N-ethyl adjacent to an activating group) is 1. The number of piperazine rings is 1. The molecule has 1 saturated heterocycles. The number of nitrogens with zero attached hydrogens (tertiary/aromatic N) is 3. The first kappa shape index (κ1) is 28.9. The Kier molecular flexibility index (Phi) is 9.99. The van der Waals surface area contributed by atoms with Gasteiger partial charge in [-0.15, -0.1) is 0 Å². The predicted molar refractivity (Wildman–Crippen MR) is 158 cm³/mol. The van der Waals surface area contributed by atoms with Gasteiger partial charge in [0.2, 0.25) is 0 Å². The molecule has 10 heteroatoms. The summed E-state index contributed by atoms with van der Waals surface area (Å²) >= 11 is 4.72. The molecule has 1 fully saturated rings. The highest BCUT2D eigenvalue weighted by atomic mass is 35.5. The standard InChI is InChI=1S/C27H28N4O3.C3H5ClO2/c1-3-33-27(32)29-22-6-4-5-20(15-22)24-18-34-25-16-21(17-28-26(24)25)19-7-9-23(10-8-19)31-13-11-30(2)12-14-31;1-2-6-3(4)5/h4-10,15-18H,3,11-14H2,1-2H3,(H,29,32);2H2,1H3. The molecule has 1 amide bonds. The molecule has 2 aromatic heterocycles. The van der Waals surface area contributed by atoms with Crippen molar-refractivity contribution in [2.24, 2.45) is 0 Å². The molecule has 0 spiro atoms. The van der Waals surface area contributed by atoms with Crippen molar-refractivity contribution in [3.05, 3.63) is 67.1 Å². The number of anilines is 2. The van der Waals surface area contributed by atoms with Crippen LogP contribution in [0, 0.1) is 0 Å². The number of benzene rings is 2. The first-order valence-electron chi connectivity index (χ1n) is 13.2. The van der Waals surface area contributed by atoms with E-state index >= 15 is 0 Å². The van der Waals surface area contributed by atoms with Crippen molar-refractivity contribution in [3.8, 4) is 22.3 Å². The van der Waals surface area contributed by atoms with Gasteiger partial charge in [0.25, 0.3) is 0 Å². The summed E-state index contributed by atoms with van der Waals surface area (Å²) < 4.78 is 15.0. The van der Waals surface area contributed by atoms with Gasteiger partial charge in [-0.3, -0.25) is 10.3 Å². The summed E-state index contributed by atoms with van der Waals surface area (Å²) in [7, 11) is 2.17. The number of nitrogens with one attached hydrogen (secondary N) is 1. The van der Waals surface area contributed by atoms with Crippen LogP contribution in [0.25, 0.3) is 33.4 Å². The van der Waals surface area contributed by atoms with Crippen molar-refractivity contribution in [1.29, 1.82) is 0 Å². The van der Waals surface area contributed by atoms with Gasteiger partial charge in [0.1, 0.15) is 11.8 Å². The maximum Gasteiger partial charge on any atom is 0.411 e. The molecule has 0 radical (unpaired) electrons. The number of fused-ring (bicyclic) bond motifs is 1. The number of hydrogen-bond donors (Lipinski definition) is 1. The van der Waals surface area contributed by atoms with Crippen LogP contribution < -0.4 is 10.2 Å². The van der Waals surface area contributed by atoms with Gasteiger partial charge in [-0.25, -0.2) is 9.59 Å². The van der Waals surface area contributed by atoms with E-state index in [0.717, 1.165) is 59.5 Å². The van der Waals surface area contributed by atoms with Gasteiger partial charge in [0.15, 0.2) is 5.58 Å². The molecule has 2 aromatic carbocycles. The fourth-order valence-corrected chi connectivity index (χ4v) is 4.48. The van der Waals surface area contributed by atoms with Gasteiger partial charge in [0.05, 0.1) is 13.2 Å². The minimum absolute atomic E-state index is 0.322. The number of halogens is 1. The summed E-state index contributed by atoms with van der Waals surface area (Å²) in [6.07, 6.45) is 3.12. The zero-order valence-electron chi connectivity index (χ0n) is 22.9. The molecule has 5 rings (SSSR count). The Labute approximate surface area is 238 Å². The summed E-state index contributed by atoms with van der Waals surface area (Å²) in [5, 5.41) is 2.74. The third kappa shape index (κ3) is 7.52. The molecule has 0 atom stereocenters. The van der Waals surface area contributed by atoms with E-state index in [0.29, 0.717) is 18.9 Å². The minimum atomic E-state index is -0.738. The summed E-state index contributed by atoms with van der Waals surface area (Å²) in [6, 6.07) is 18.2. The van der Waals surface area contributed by atoms with Crippen LogP contribution in [0.4, 0.5) is 21.0 Å². The van der Waals surface area contributed by atoms with Crippen molar-refractivity contribution in [3.63, 3.8) is 0 Å². The molecule has 0 unspecified atom stereocenters. The van der Waals surface area contributed by atoms with E-state index in [2.05, 4.69) is 51.2 Å². The van der Waals surface area contributed by atoms with Gasteiger partial charge in [-0.2, -0.15) is 0 Å². The third-order valence-corrected chi connectivity index (χ3v) is 6.54. The fraction of sp³-hybridized carbons (Fsp3) is 0.300. The maximum atomic E-state index is 11.8. The van der Waals surface area contributed by atoms with Crippen LogP contribution in [-0.2, 0) is 9.47 Å². The summed E-state index contributed by atoms with van der Waals surface area (Å²) in [5.41, 5.74) is 6.57. The lowest BCUT2D eigenvalue weighted by Crippen LogP contribution is -2.44. The average molecular weight is 565 g/mol. The number of carbonyl (C=O) groups excluding carboxylic acids is 2. The normalized spacial score (nSPS) is 13.3. The summed E-state index contributed by atoms with van der Waals surface area (Å²) in [6.45, 7) is 8.42. The molecule has 9 nitrogen and oxygen atoms in total. The van der Waals surface area contributed by atoms with E-state index in [1.807, 2.05) is 36.5 Å². The molecule has 1 N–H and O–H groups in total. The van der Waals surface area contributed by atoms with Crippen molar-refractivity contribution in [2.45, 2.75) is 13.8 Å². The second kappa shape index (κ2) is 13.8. The van der Waals surface area contributed by atoms with Gasteiger partial charge in [0, 0.05) is 66.5 Å². The van der Waals surface area contributed by atoms with E-state index < -0.39 is 11.5 Å². The zero-order chi connectivity index (χ0) is 28.5. The third-order valence-electron chi connectivity index (χ3n) is 6.43. The number of furan rings is 1. The highest BCUT2D eigenvalue weighted by Gasteiger charge is 2.15. The van der Waals surface area contributed by atoms with Crippen LogP contribution in [-0.4, -0.2) is 67.8 Å². The molecule has 1 aliphatic heterocycles. The van der Waals surface area contributed by atoms with E-state index in [1.54, 1.807) is 20.1 Å². The number of ether oxygens (including phenoxy) is 2. The van der Waals surface area contributed by atoms with Crippen LogP contribution in [0.15, 0.2) is 71.5 Å². The minimum Gasteiger partial charge on any atom is -0.462 e. The Bertz CT molecular complexity index is 1430. The van der Waals surface area contributed by atoms with Crippen LogP contribution in [0.5, 0.6) is 0 Å². The quantitative estimate of drug-likeness (QED) is 0.254. The van der Waals surface area contributed by atoms with Gasteiger partial charge >= 0.3 is 11.5 Å². The molecular formula is C30H33ClN4O5. The van der Waals surface area contributed by atoms with Crippen molar-refractivity contribution in [1.82, 2.24) is 9.88 Å². The molecule has 1 aliphatic rings. The average Bonchev–Trinajstić information content (AvgIpc) is 3.38. The zero-order valence-corrected chi connectivity index (χ0v) is 23.6. The Hall–Kier alpha value is -4.08. The highest BCUT2D eigenvalue weighted by molar-refractivity contribution is 6.61. The topological polar surface area (TPSA) is 97.1 Å². The van der Waals surface area contributed by atoms with E-state index in [1.165, 1.54) is 5.69 Å². The van der Waals surface area contributed by atoms with Crippen LogP contribution in [0.3, 0.4) is 0 Å². The first-order chi connectivity index (χ1) is 19.4. The van der Waals surface area contributed by atoms with Gasteiger partial charge in [-0.05, 0) is 62.4 Å². The molecule has 0 saturated carbocycles. The van der Waals surface area contributed by atoms with Gasteiger partial charge in [-0.1, -0.05) is 24.3 Å². The Morgan fingerprint density at radius 2 is 1.68 bits per heavy atom. The Morgan fingerprint density at radius 3 is 2.33 bits per heavy atom. The lowest BCUT2D eigenvalue weighted by Gasteiger charge is -2.34. The summed E-state index contributed by atoms with van der Waals surface area (Å²) in [5.74, 6) is 0. The van der Waals surface area contributed by atoms with E-state index in [-0.39, 0.29) is 0 Å². The van der Waals surface area contributed by atoms with Crippen LogP contribution in [0.2, 0.25) is 0 Å². The number of amides is 1. The SMILES string of the molecule is CCOC(=O)Cl.CCOC(=O)Nc1cccc(-c2coc3cc(-c4ccc(N5CCN(C)CC5)cc4)cnc23)c1. The number of carbonyl (C=O) groups is 2. The van der Waals surface area contributed by atoms with Crippen molar-refractivity contribution < 1.29 is 23.5 Å². The lowest BCUT2D eigenvalue weighted by molar-refractivity contribution is 0.168. The number of pyridine rings is 1. The molecule has 4 aromatic rings. The van der Waals surface area contributed by atoms with Crippen LogP contribution in [0.1, 0.15) is 13.8 Å². The maximum absolute atomic E-state index is 11.8. The summed E-state index contributed by atoms with van der Waals surface area (Å²) in [4.78, 5) is 30.8. The molecule has 40 heavy (non-hydrogen) atoms. The Morgan fingerprint density at radius 1 is 0.950 bits per heavy atom. The molecule has 210 valence electrons. The van der Waals surface area contributed by atoms with Crippen LogP contribution >= 0.6 is 11.6 Å². The second-order valence-corrected chi connectivity index (χ2v) is 9.46. The largest absolute Gasteiger partial charge is 0.462 e. The Balaban J connectivity index is 0.000000557. The molecular weight excluding hydrogens is 532 g/mol. The van der Waals surface area contributed by atoms with E-state index in [4.69, 9.17) is 25.7 Å².